The van der Waals surface area contributed by atoms with Gasteiger partial charge >= 0.3 is 0 Å². The molecule has 124 valence electrons. The Morgan fingerprint density at radius 2 is 2.04 bits per heavy atom. The number of hydrogen-bond acceptors (Lipinski definition) is 5. The summed E-state index contributed by atoms with van der Waals surface area (Å²) < 4.78 is 13.6. The number of amides is 1. The minimum atomic E-state index is -0.401. The molecule has 0 aliphatic rings. The summed E-state index contributed by atoms with van der Waals surface area (Å²) in [6.45, 7) is 1.80. The summed E-state index contributed by atoms with van der Waals surface area (Å²) in [5.41, 5.74) is 2.50. The average molecular weight is 369 g/mol. The molecule has 3 heterocycles. The van der Waals surface area contributed by atoms with Crippen LogP contribution in [0.15, 0.2) is 47.2 Å². The number of thiophene rings is 1. The van der Waals surface area contributed by atoms with E-state index >= 15 is 0 Å². The van der Waals surface area contributed by atoms with E-state index in [2.05, 4.69) is 15.3 Å². The molecule has 1 aromatic carbocycles. The van der Waals surface area contributed by atoms with Crippen LogP contribution in [-0.2, 0) is 0 Å². The van der Waals surface area contributed by atoms with E-state index in [4.69, 9.17) is 0 Å². The predicted molar refractivity (Wildman–Crippen MR) is 99.8 cm³/mol. The van der Waals surface area contributed by atoms with Gasteiger partial charge in [0.25, 0.3) is 5.91 Å². The van der Waals surface area contributed by atoms with Gasteiger partial charge < -0.3 is 0 Å². The lowest BCUT2D eigenvalue weighted by Crippen LogP contribution is -2.13. The van der Waals surface area contributed by atoms with E-state index in [0.29, 0.717) is 27.3 Å². The van der Waals surface area contributed by atoms with E-state index in [1.807, 2.05) is 22.9 Å². The number of aromatic nitrogens is 2. The zero-order chi connectivity index (χ0) is 17.4. The van der Waals surface area contributed by atoms with Gasteiger partial charge in [-0.2, -0.15) is 0 Å². The van der Waals surface area contributed by atoms with Crippen molar-refractivity contribution in [3.63, 3.8) is 0 Å². The van der Waals surface area contributed by atoms with Gasteiger partial charge in [-0.1, -0.05) is 6.07 Å². The minimum Gasteiger partial charge on any atom is -0.298 e. The molecule has 0 saturated heterocycles. The predicted octanol–water partition coefficient (Wildman–Crippen LogP) is 5.12. The summed E-state index contributed by atoms with van der Waals surface area (Å²) >= 11 is 2.95. The maximum absolute atomic E-state index is 13.6. The third-order valence-electron chi connectivity index (χ3n) is 3.64. The highest BCUT2D eigenvalue weighted by Gasteiger charge is 2.15. The van der Waals surface area contributed by atoms with Gasteiger partial charge in [-0.3, -0.25) is 15.1 Å². The molecule has 4 nitrogen and oxygen atoms in total. The van der Waals surface area contributed by atoms with E-state index in [1.165, 1.54) is 23.5 Å². The largest absolute Gasteiger partial charge is 0.298 e. The van der Waals surface area contributed by atoms with Crippen LogP contribution in [0, 0.1) is 12.7 Å². The summed E-state index contributed by atoms with van der Waals surface area (Å²) in [7, 11) is 0. The third-order valence-corrected chi connectivity index (χ3v) is 5.29. The Balaban J connectivity index is 1.67. The van der Waals surface area contributed by atoms with Crippen LogP contribution in [0.4, 0.5) is 9.52 Å². The van der Waals surface area contributed by atoms with Gasteiger partial charge in [-0.05, 0) is 42.6 Å². The number of pyridine rings is 1. The summed E-state index contributed by atoms with van der Waals surface area (Å²) in [5, 5.41) is 7.67. The maximum atomic E-state index is 13.6. The molecule has 0 aliphatic carbocycles. The van der Waals surface area contributed by atoms with Crippen LogP contribution < -0.4 is 5.32 Å². The molecule has 3 aromatic heterocycles. The molecule has 7 heteroatoms. The van der Waals surface area contributed by atoms with Gasteiger partial charge in [0.05, 0.1) is 21.7 Å². The van der Waals surface area contributed by atoms with E-state index in [1.54, 1.807) is 30.4 Å². The summed E-state index contributed by atoms with van der Waals surface area (Å²) in [6.07, 6.45) is 0. The van der Waals surface area contributed by atoms with Crippen LogP contribution in [0.1, 0.15) is 16.1 Å². The van der Waals surface area contributed by atoms with Crippen molar-refractivity contribution in [3.8, 4) is 10.6 Å². The topological polar surface area (TPSA) is 54.9 Å². The lowest BCUT2D eigenvalue weighted by molar-refractivity contribution is 0.102. The summed E-state index contributed by atoms with van der Waals surface area (Å²) in [6, 6.07) is 9.84. The van der Waals surface area contributed by atoms with Crippen molar-refractivity contribution in [2.75, 3.05) is 5.32 Å². The fourth-order valence-electron chi connectivity index (χ4n) is 2.55. The van der Waals surface area contributed by atoms with Crippen LogP contribution in [0.5, 0.6) is 0 Å². The molecule has 0 aliphatic heterocycles. The van der Waals surface area contributed by atoms with Crippen molar-refractivity contribution in [1.82, 2.24) is 9.97 Å². The van der Waals surface area contributed by atoms with Gasteiger partial charge in [-0.25, -0.2) is 9.37 Å². The number of halogens is 1. The molecular weight excluding hydrogens is 357 g/mol. The fraction of sp³-hybridized carbons (Fsp3) is 0.0556. The van der Waals surface area contributed by atoms with Crippen molar-refractivity contribution >= 4 is 44.6 Å². The molecule has 4 aromatic rings. The van der Waals surface area contributed by atoms with E-state index < -0.39 is 5.82 Å². The number of fused-ring (bicyclic) bond motifs is 1. The van der Waals surface area contributed by atoms with Gasteiger partial charge in [0.1, 0.15) is 5.82 Å². The minimum absolute atomic E-state index is 0.326. The molecule has 0 bridgehead atoms. The number of carbonyl (C=O) groups excluding carboxylic acids is 1. The number of benzene rings is 1. The van der Waals surface area contributed by atoms with Gasteiger partial charge in [0, 0.05) is 16.5 Å². The summed E-state index contributed by atoms with van der Waals surface area (Å²) in [5.74, 6) is -0.727. The number of nitrogens with one attached hydrogen (secondary N) is 1. The lowest BCUT2D eigenvalue weighted by atomic mass is 10.1. The molecule has 0 fully saturated rings. The van der Waals surface area contributed by atoms with Crippen LogP contribution in [-0.4, -0.2) is 15.9 Å². The van der Waals surface area contributed by atoms with Crippen LogP contribution >= 0.6 is 22.7 Å². The SMILES string of the molecule is Cc1cc(C(=O)Nc2nc(-c3cccs3)cs2)c2cc(F)ccc2n1. The summed E-state index contributed by atoms with van der Waals surface area (Å²) in [4.78, 5) is 22.5. The first-order valence-corrected chi connectivity index (χ1v) is 9.24. The molecule has 1 N–H and O–H groups in total. The van der Waals surface area contributed by atoms with E-state index in [-0.39, 0.29) is 5.91 Å². The molecule has 0 unspecified atom stereocenters. The molecule has 0 radical (unpaired) electrons. The van der Waals surface area contributed by atoms with Crippen molar-refractivity contribution < 1.29 is 9.18 Å². The molecule has 0 saturated carbocycles. The molecule has 4 rings (SSSR count). The highest BCUT2D eigenvalue weighted by atomic mass is 32.1. The molecular formula is C18H12FN3OS2. The quantitative estimate of drug-likeness (QED) is 0.545. The van der Waals surface area contributed by atoms with Crippen molar-refractivity contribution in [3.05, 3.63) is 64.2 Å². The zero-order valence-electron chi connectivity index (χ0n) is 13.1. The number of nitrogens with zero attached hydrogens (tertiary/aromatic N) is 2. The first-order valence-electron chi connectivity index (χ1n) is 7.48. The average Bonchev–Trinajstić information content (AvgIpc) is 3.25. The smallest absolute Gasteiger partial charge is 0.258 e. The second kappa shape index (κ2) is 6.34. The Bertz CT molecular complexity index is 1070. The van der Waals surface area contributed by atoms with Crippen LogP contribution in [0.2, 0.25) is 0 Å². The number of aryl methyl sites for hydroxylation is 1. The van der Waals surface area contributed by atoms with E-state index in [9.17, 15) is 9.18 Å². The monoisotopic (exact) mass is 369 g/mol. The van der Waals surface area contributed by atoms with Gasteiger partial charge in [-0.15, -0.1) is 22.7 Å². The molecule has 25 heavy (non-hydrogen) atoms. The fourth-order valence-corrected chi connectivity index (χ4v) is 4.02. The number of anilines is 1. The Kier molecular flexibility index (Phi) is 4.03. The number of thiazole rings is 1. The zero-order valence-corrected chi connectivity index (χ0v) is 14.7. The highest BCUT2D eigenvalue weighted by Crippen LogP contribution is 2.29. The first-order chi connectivity index (χ1) is 12.1. The maximum Gasteiger partial charge on any atom is 0.258 e. The van der Waals surface area contributed by atoms with Gasteiger partial charge in [0.15, 0.2) is 5.13 Å². The second-order valence-corrected chi connectivity index (χ2v) is 7.25. The number of hydrogen-bond donors (Lipinski definition) is 1. The Labute approximate surface area is 151 Å². The molecule has 0 atom stereocenters. The standard InChI is InChI=1S/C18H12FN3OS2/c1-10-7-13(12-8-11(19)4-5-14(12)20-10)17(23)22-18-21-15(9-25-18)16-3-2-6-24-16/h2-9H,1H3,(H,21,22,23). The van der Waals surface area contributed by atoms with Crippen molar-refractivity contribution in [2.24, 2.45) is 0 Å². The van der Waals surface area contributed by atoms with Crippen molar-refractivity contribution in [2.45, 2.75) is 6.92 Å². The van der Waals surface area contributed by atoms with Crippen molar-refractivity contribution in [1.29, 1.82) is 0 Å². The number of carbonyl (C=O) groups is 1. The molecule has 0 spiro atoms. The molecule has 1 amide bonds. The lowest BCUT2D eigenvalue weighted by Gasteiger charge is -2.07. The Morgan fingerprint density at radius 3 is 2.84 bits per heavy atom. The highest BCUT2D eigenvalue weighted by molar-refractivity contribution is 7.16. The van der Waals surface area contributed by atoms with Gasteiger partial charge in [0.2, 0.25) is 0 Å². The Hall–Kier alpha value is -2.64. The van der Waals surface area contributed by atoms with Crippen LogP contribution in [0.3, 0.4) is 0 Å². The Morgan fingerprint density at radius 1 is 1.16 bits per heavy atom. The van der Waals surface area contributed by atoms with E-state index in [0.717, 1.165) is 10.6 Å². The normalized spacial score (nSPS) is 11.0. The number of rotatable bonds is 3. The third kappa shape index (κ3) is 3.16. The van der Waals surface area contributed by atoms with Crippen LogP contribution in [0.25, 0.3) is 21.5 Å². The second-order valence-electron chi connectivity index (χ2n) is 5.44. The first kappa shape index (κ1) is 15.9.